The Morgan fingerprint density at radius 2 is 2.07 bits per heavy atom. The molecule has 0 aliphatic heterocycles. The number of hydrogen-bond donors (Lipinski definition) is 2. The van der Waals surface area contributed by atoms with Gasteiger partial charge in [0.2, 0.25) is 0 Å². The van der Waals surface area contributed by atoms with Gasteiger partial charge in [0.1, 0.15) is 5.75 Å². The van der Waals surface area contributed by atoms with Crippen LogP contribution >= 0.6 is 0 Å². The van der Waals surface area contributed by atoms with Gasteiger partial charge in [-0.1, -0.05) is 18.2 Å². The Balaban J connectivity index is 2.68. The molecule has 1 aromatic carbocycles. The van der Waals surface area contributed by atoms with Crippen LogP contribution in [0.4, 0.5) is 0 Å². The van der Waals surface area contributed by atoms with Crippen LogP contribution < -0.4 is 4.74 Å². The van der Waals surface area contributed by atoms with Crippen molar-refractivity contribution in [2.45, 2.75) is 6.42 Å². The molecule has 0 spiro atoms. The Bertz CT molecular complexity index is 309. The van der Waals surface area contributed by atoms with Crippen molar-refractivity contribution >= 4 is 5.97 Å². The van der Waals surface area contributed by atoms with E-state index in [1.54, 1.807) is 18.2 Å². The van der Waals surface area contributed by atoms with Crippen molar-refractivity contribution in [2.75, 3.05) is 13.2 Å². The lowest BCUT2D eigenvalue weighted by Gasteiger charge is -2.08. The minimum atomic E-state index is -1.01. The maximum atomic E-state index is 10.3. The first-order chi connectivity index (χ1) is 6.74. The van der Waals surface area contributed by atoms with E-state index in [0.29, 0.717) is 12.2 Å². The lowest BCUT2D eigenvalue weighted by Crippen LogP contribution is -2.10. The second-order valence-electron chi connectivity index (χ2n) is 2.76. The number of rotatable bonds is 5. The molecule has 0 aliphatic carbocycles. The SMILES string of the molecule is O=C(O)COc1ccccc1CCO. The average Bonchev–Trinajstić information content (AvgIpc) is 2.17. The van der Waals surface area contributed by atoms with Crippen LogP contribution in [0.25, 0.3) is 0 Å². The Labute approximate surface area is 81.8 Å². The summed E-state index contributed by atoms with van der Waals surface area (Å²) in [6.07, 6.45) is 0.468. The molecular weight excluding hydrogens is 184 g/mol. The predicted molar refractivity (Wildman–Crippen MR) is 50.4 cm³/mol. The van der Waals surface area contributed by atoms with Gasteiger partial charge in [0.25, 0.3) is 0 Å². The third kappa shape index (κ3) is 3.06. The molecule has 0 amide bonds. The van der Waals surface area contributed by atoms with E-state index in [2.05, 4.69) is 0 Å². The topological polar surface area (TPSA) is 66.8 Å². The fourth-order valence-corrected chi connectivity index (χ4v) is 1.11. The third-order valence-electron chi connectivity index (χ3n) is 1.70. The molecule has 4 heteroatoms. The van der Waals surface area contributed by atoms with Crippen molar-refractivity contribution < 1.29 is 19.7 Å². The van der Waals surface area contributed by atoms with Gasteiger partial charge in [-0.25, -0.2) is 4.79 Å². The number of aliphatic hydroxyl groups excluding tert-OH is 1. The molecule has 76 valence electrons. The number of ether oxygens (including phenoxy) is 1. The number of hydrogen-bond acceptors (Lipinski definition) is 3. The molecule has 0 radical (unpaired) electrons. The van der Waals surface area contributed by atoms with Crippen LogP contribution in [0.2, 0.25) is 0 Å². The van der Waals surface area contributed by atoms with Crippen LogP contribution in [0.5, 0.6) is 5.75 Å². The van der Waals surface area contributed by atoms with Gasteiger partial charge < -0.3 is 14.9 Å². The molecule has 1 rings (SSSR count). The van der Waals surface area contributed by atoms with Gasteiger partial charge in [-0.3, -0.25) is 0 Å². The second kappa shape index (κ2) is 5.24. The van der Waals surface area contributed by atoms with Crippen LogP contribution in [0, 0.1) is 0 Å². The van der Waals surface area contributed by atoms with Crippen LogP contribution in [0.1, 0.15) is 5.56 Å². The van der Waals surface area contributed by atoms with Crippen molar-refractivity contribution in [3.05, 3.63) is 29.8 Å². The summed E-state index contributed by atoms with van der Waals surface area (Å²) in [6, 6.07) is 7.07. The van der Waals surface area contributed by atoms with E-state index in [1.807, 2.05) is 6.07 Å². The summed E-state index contributed by atoms with van der Waals surface area (Å²) in [5.41, 5.74) is 0.816. The van der Waals surface area contributed by atoms with Crippen LogP contribution in [0.15, 0.2) is 24.3 Å². The highest BCUT2D eigenvalue weighted by atomic mass is 16.5. The number of benzene rings is 1. The maximum absolute atomic E-state index is 10.3. The van der Waals surface area contributed by atoms with Crippen molar-refractivity contribution in [2.24, 2.45) is 0 Å². The first-order valence-corrected chi connectivity index (χ1v) is 4.27. The maximum Gasteiger partial charge on any atom is 0.341 e. The Kier molecular flexibility index (Phi) is 3.94. The van der Waals surface area contributed by atoms with Gasteiger partial charge in [0.15, 0.2) is 6.61 Å². The van der Waals surface area contributed by atoms with Crippen LogP contribution in [0.3, 0.4) is 0 Å². The smallest absolute Gasteiger partial charge is 0.341 e. The lowest BCUT2D eigenvalue weighted by atomic mass is 10.1. The highest BCUT2D eigenvalue weighted by Gasteiger charge is 2.04. The molecule has 14 heavy (non-hydrogen) atoms. The highest BCUT2D eigenvalue weighted by Crippen LogP contribution is 2.17. The molecule has 0 saturated carbocycles. The molecule has 1 aromatic rings. The Morgan fingerprint density at radius 3 is 2.71 bits per heavy atom. The number of aliphatic carboxylic acids is 1. The van der Waals surface area contributed by atoms with Gasteiger partial charge in [-0.15, -0.1) is 0 Å². The summed E-state index contributed by atoms with van der Waals surface area (Å²) in [6.45, 7) is -0.337. The van der Waals surface area contributed by atoms with E-state index in [0.717, 1.165) is 5.56 Å². The van der Waals surface area contributed by atoms with Gasteiger partial charge in [0, 0.05) is 6.61 Å². The monoisotopic (exact) mass is 196 g/mol. The number of carboxylic acid groups (broad SMARTS) is 1. The summed E-state index contributed by atoms with van der Waals surface area (Å²) >= 11 is 0. The van der Waals surface area contributed by atoms with E-state index >= 15 is 0 Å². The molecule has 0 saturated heterocycles. The van der Waals surface area contributed by atoms with Crippen molar-refractivity contribution in [1.82, 2.24) is 0 Å². The van der Waals surface area contributed by atoms with Crippen LogP contribution in [-0.2, 0) is 11.2 Å². The Morgan fingerprint density at radius 1 is 1.36 bits per heavy atom. The molecule has 0 heterocycles. The Hall–Kier alpha value is -1.55. The van der Waals surface area contributed by atoms with E-state index < -0.39 is 5.97 Å². The number of carboxylic acids is 1. The van der Waals surface area contributed by atoms with Crippen LogP contribution in [-0.4, -0.2) is 29.4 Å². The zero-order chi connectivity index (χ0) is 10.4. The van der Waals surface area contributed by atoms with Gasteiger partial charge in [0.05, 0.1) is 0 Å². The third-order valence-corrected chi connectivity index (χ3v) is 1.70. The summed E-state index contributed by atoms with van der Waals surface area (Å²) in [5, 5.41) is 17.2. The molecule has 0 fully saturated rings. The molecule has 0 atom stereocenters. The zero-order valence-corrected chi connectivity index (χ0v) is 7.64. The van der Waals surface area contributed by atoms with E-state index in [9.17, 15) is 4.79 Å². The quantitative estimate of drug-likeness (QED) is 0.726. The molecule has 2 N–H and O–H groups in total. The summed E-state index contributed by atoms with van der Waals surface area (Å²) in [5.74, 6) is -0.493. The normalized spacial score (nSPS) is 9.79. The standard InChI is InChI=1S/C10H12O4/c11-6-5-8-3-1-2-4-9(8)14-7-10(12)13/h1-4,11H,5-7H2,(H,12,13). The molecule has 0 aliphatic rings. The lowest BCUT2D eigenvalue weighted by molar-refractivity contribution is -0.139. The van der Waals surface area contributed by atoms with E-state index in [1.165, 1.54) is 0 Å². The number of para-hydroxylation sites is 1. The molecular formula is C10H12O4. The minimum Gasteiger partial charge on any atom is -0.482 e. The first kappa shape index (κ1) is 10.5. The highest BCUT2D eigenvalue weighted by molar-refractivity contribution is 5.68. The molecule has 4 nitrogen and oxygen atoms in total. The summed E-state index contributed by atoms with van der Waals surface area (Å²) in [4.78, 5) is 10.3. The van der Waals surface area contributed by atoms with Crippen molar-refractivity contribution in [3.8, 4) is 5.75 Å². The fourth-order valence-electron chi connectivity index (χ4n) is 1.11. The van der Waals surface area contributed by atoms with Crippen molar-refractivity contribution in [1.29, 1.82) is 0 Å². The number of aliphatic hydroxyl groups is 1. The van der Waals surface area contributed by atoms with Gasteiger partial charge in [-0.2, -0.15) is 0 Å². The molecule has 0 aromatic heterocycles. The summed E-state index contributed by atoms with van der Waals surface area (Å²) in [7, 11) is 0. The summed E-state index contributed by atoms with van der Waals surface area (Å²) < 4.78 is 5.04. The first-order valence-electron chi connectivity index (χ1n) is 4.27. The van der Waals surface area contributed by atoms with E-state index in [4.69, 9.17) is 14.9 Å². The second-order valence-corrected chi connectivity index (χ2v) is 2.76. The van der Waals surface area contributed by atoms with Gasteiger partial charge in [-0.05, 0) is 18.1 Å². The van der Waals surface area contributed by atoms with Gasteiger partial charge >= 0.3 is 5.97 Å². The average molecular weight is 196 g/mol. The number of carbonyl (C=O) groups is 1. The molecule has 0 bridgehead atoms. The zero-order valence-electron chi connectivity index (χ0n) is 7.64. The largest absolute Gasteiger partial charge is 0.482 e. The fraction of sp³-hybridized carbons (Fsp3) is 0.300. The van der Waals surface area contributed by atoms with Crippen molar-refractivity contribution in [3.63, 3.8) is 0 Å². The molecule has 0 unspecified atom stereocenters. The van der Waals surface area contributed by atoms with E-state index in [-0.39, 0.29) is 13.2 Å². The minimum absolute atomic E-state index is 0.0213. The predicted octanol–water partition coefficient (Wildman–Crippen LogP) is 0.685.